The fourth-order valence-corrected chi connectivity index (χ4v) is 5.95. The highest BCUT2D eigenvalue weighted by atomic mass is 32.2. The summed E-state index contributed by atoms with van der Waals surface area (Å²) in [6.07, 6.45) is 4.98. The number of rotatable bonds is 6. The van der Waals surface area contributed by atoms with Crippen LogP contribution in [0, 0.1) is 11.6 Å². The number of aromatic nitrogens is 4. The lowest BCUT2D eigenvalue weighted by molar-refractivity contribution is -0.276. The van der Waals surface area contributed by atoms with Gasteiger partial charge in [-0.1, -0.05) is 0 Å². The summed E-state index contributed by atoms with van der Waals surface area (Å²) in [7, 11) is 2.11. The molecule has 13 heteroatoms. The molecule has 40 heavy (non-hydrogen) atoms. The number of nitrogens with one attached hydrogen (secondary N) is 1. The van der Waals surface area contributed by atoms with Crippen LogP contribution in [0.5, 0.6) is 0 Å². The maximum Gasteiger partial charge on any atom is 0.259 e. The Morgan fingerprint density at radius 1 is 0.925 bits per heavy atom. The molecule has 6 rings (SSSR count). The van der Waals surface area contributed by atoms with Crippen LogP contribution in [-0.2, 0) is 5.91 Å². The predicted octanol–water partition coefficient (Wildman–Crippen LogP) is 2.73. The zero-order chi connectivity index (χ0) is 27.9. The smallest absolute Gasteiger partial charge is 0.259 e. The third-order valence-electron chi connectivity index (χ3n) is 7.35. The number of aliphatic hydroxyl groups is 2. The molecule has 2 saturated heterocycles. The number of anilines is 3. The molecule has 3 aromatic heterocycles. The van der Waals surface area contributed by atoms with Gasteiger partial charge < -0.3 is 29.9 Å². The molecule has 0 amide bonds. The van der Waals surface area contributed by atoms with E-state index < -0.39 is 23.1 Å². The van der Waals surface area contributed by atoms with Gasteiger partial charge >= 0.3 is 0 Å². The van der Waals surface area contributed by atoms with E-state index in [9.17, 15) is 10.2 Å². The highest BCUT2D eigenvalue weighted by Crippen LogP contribution is 2.32. The minimum absolute atomic E-state index is 0.154. The summed E-state index contributed by atoms with van der Waals surface area (Å²) >= 11 is 1.65. The Balaban J connectivity index is 1.24. The maximum atomic E-state index is 15.2. The Labute approximate surface area is 234 Å². The van der Waals surface area contributed by atoms with Crippen molar-refractivity contribution in [3.05, 3.63) is 66.1 Å². The molecular weight excluding hydrogens is 538 g/mol. The van der Waals surface area contributed by atoms with Gasteiger partial charge in [0, 0.05) is 68.6 Å². The molecule has 0 bridgehead atoms. The first-order valence-corrected chi connectivity index (χ1v) is 14.2. The Hall–Kier alpha value is -3.36. The van der Waals surface area contributed by atoms with Gasteiger partial charge in [0.2, 0.25) is 5.95 Å². The number of nitrogens with zero attached hydrogens (tertiary/aromatic N) is 7. The molecule has 2 aliphatic rings. The number of pyridine rings is 1. The van der Waals surface area contributed by atoms with Crippen molar-refractivity contribution < 1.29 is 19.0 Å². The van der Waals surface area contributed by atoms with Crippen LogP contribution in [-0.4, -0.2) is 97.4 Å². The summed E-state index contributed by atoms with van der Waals surface area (Å²) in [5, 5.41) is 25.2. The van der Waals surface area contributed by atoms with Crippen LogP contribution in [0.25, 0.3) is 16.7 Å². The van der Waals surface area contributed by atoms with Crippen molar-refractivity contribution >= 4 is 40.2 Å². The molecule has 0 spiro atoms. The Morgan fingerprint density at radius 3 is 2.33 bits per heavy atom. The molecular formula is C27H30F2N8O2S. The quantitative estimate of drug-likeness (QED) is 0.301. The Morgan fingerprint density at radius 2 is 1.65 bits per heavy atom. The Bertz CT molecular complexity index is 1480. The summed E-state index contributed by atoms with van der Waals surface area (Å²) in [6, 6.07) is 7.76. The van der Waals surface area contributed by atoms with Gasteiger partial charge in [-0.2, -0.15) is 16.7 Å². The van der Waals surface area contributed by atoms with E-state index in [0.29, 0.717) is 47.3 Å². The van der Waals surface area contributed by atoms with E-state index in [4.69, 9.17) is 0 Å². The summed E-state index contributed by atoms with van der Waals surface area (Å²) in [5.41, 5.74) is 0.499. The van der Waals surface area contributed by atoms with Gasteiger partial charge in [0.25, 0.3) is 5.91 Å². The second kappa shape index (κ2) is 10.9. The van der Waals surface area contributed by atoms with Crippen LogP contribution < -0.4 is 10.2 Å². The fourth-order valence-electron chi connectivity index (χ4n) is 5.05. The number of fused-ring (bicyclic) bond motifs is 1. The van der Waals surface area contributed by atoms with Crippen molar-refractivity contribution in [1.29, 1.82) is 0 Å². The first kappa shape index (κ1) is 26.8. The first-order valence-electron chi connectivity index (χ1n) is 13.1. The van der Waals surface area contributed by atoms with Gasteiger partial charge in [-0.15, -0.1) is 0 Å². The van der Waals surface area contributed by atoms with Crippen LogP contribution in [0.2, 0.25) is 0 Å². The SMILES string of the molecule is CN1CCN(c2ccc(Nc3ncc4ccn(-c5cc(F)c(C(O)(O)N6CCSCC6)c(F)c5)c4n3)cn2)CC1. The number of halogens is 2. The second-order valence-corrected chi connectivity index (χ2v) is 11.2. The minimum Gasteiger partial charge on any atom is -0.354 e. The molecule has 0 atom stereocenters. The highest BCUT2D eigenvalue weighted by Gasteiger charge is 2.40. The monoisotopic (exact) mass is 568 g/mol. The number of likely N-dealkylation sites (N-methyl/N-ethyl adjacent to an activating group) is 1. The van der Waals surface area contributed by atoms with E-state index in [1.165, 1.54) is 9.47 Å². The number of hydrogen-bond donors (Lipinski definition) is 3. The second-order valence-electron chi connectivity index (χ2n) is 10.00. The number of benzene rings is 1. The molecule has 10 nitrogen and oxygen atoms in total. The van der Waals surface area contributed by atoms with Crippen LogP contribution in [0.3, 0.4) is 0 Å². The van der Waals surface area contributed by atoms with Crippen molar-refractivity contribution in [3.8, 4) is 5.69 Å². The van der Waals surface area contributed by atoms with E-state index in [1.54, 1.807) is 36.4 Å². The molecule has 5 heterocycles. The van der Waals surface area contributed by atoms with E-state index in [-0.39, 0.29) is 5.69 Å². The van der Waals surface area contributed by atoms with E-state index in [0.717, 1.165) is 44.1 Å². The predicted molar refractivity (Wildman–Crippen MR) is 151 cm³/mol. The third kappa shape index (κ3) is 5.22. The van der Waals surface area contributed by atoms with Gasteiger partial charge in [0.15, 0.2) is 0 Å². The van der Waals surface area contributed by atoms with Crippen molar-refractivity contribution in [1.82, 2.24) is 29.3 Å². The lowest BCUT2D eigenvalue weighted by Crippen LogP contribution is -2.51. The largest absolute Gasteiger partial charge is 0.354 e. The molecule has 210 valence electrons. The average molecular weight is 569 g/mol. The zero-order valence-electron chi connectivity index (χ0n) is 22.0. The first-order chi connectivity index (χ1) is 19.3. The van der Waals surface area contributed by atoms with Gasteiger partial charge in [-0.05, 0) is 37.4 Å². The normalized spacial score (nSPS) is 17.5. The Kier molecular flexibility index (Phi) is 7.31. The molecule has 0 saturated carbocycles. The highest BCUT2D eigenvalue weighted by molar-refractivity contribution is 7.99. The standard InChI is InChI=1S/C27H30F2N8O2S/c1-34-6-8-35(9-7-34)23-3-2-19(17-30-23)32-26-31-16-18-4-5-37(25(18)33-26)20-14-21(28)24(22(29)15-20)27(38,39)36-10-12-40-13-11-36/h2-5,14-17,38-39H,6-13H2,1H3,(H,31,32,33). The van der Waals surface area contributed by atoms with Crippen LogP contribution in [0.15, 0.2) is 48.9 Å². The average Bonchev–Trinajstić information content (AvgIpc) is 3.37. The fraction of sp³-hybridized carbons (Fsp3) is 0.370. The van der Waals surface area contributed by atoms with Gasteiger partial charge in [0.1, 0.15) is 23.1 Å². The van der Waals surface area contributed by atoms with Crippen molar-refractivity contribution in [2.75, 3.05) is 68.0 Å². The van der Waals surface area contributed by atoms with E-state index in [2.05, 4.69) is 37.1 Å². The summed E-state index contributed by atoms with van der Waals surface area (Å²) in [6.45, 7) is 4.44. The van der Waals surface area contributed by atoms with Crippen molar-refractivity contribution in [3.63, 3.8) is 0 Å². The lowest BCUT2D eigenvalue weighted by Gasteiger charge is -2.37. The van der Waals surface area contributed by atoms with E-state index >= 15 is 8.78 Å². The zero-order valence-corrected chi connectivity index (χ0v) is 22.8. The minimum atomic E-state index is -2.75. The van der Waals surface area contributed by atoms with Crippen LogP contribution in [0.4, 0.5) is 26.2 Å². The third-order valence-corrected chi connectivity index (χ3v) is 8.29. The van der Waals surface area contributed by atoms with Crippen LogP contribution >= 0.6 is 11.8 Å². The summed E-state index contributed by atoms with van der Waals surface area (Å²) in [4.78, 5) is 19.3. The van der Waals surface area contributed by atoms with Crippen LogP contribution in [0.1, 0.15) is 5.56 Å². The lowest BCUT2D eigenvalue weighted by atomic mass is 10.1. The molecule has 2 aliphatic heterocycles. The van der Waals surface area contributed by atoms with Crippen molar-refractivity contribution in [2.24, 2.45) is 0 Å². The van der Waals surface area contributed by atoms with Gasteiger partial charge in [-0.3, -0.25) is 0 Å². The molecule has 0 unspecified atom stereocenters. The number of piperazine rings is 1. The number of hydrogen-bond acceptors (Lipinski definition) is 10. The topological polar surface area (TPSA) is 106 Å². The number of thioether (sulfide) groups is 1. The van der Waals surface area contributed by atoms with E-state index in [1.807, 2.05) is 12.1 Å². The summed E-state index contributed by atoms with van der Waals surface area (Å²) in [5.74, 6) is -2.37. The van der Waals surface area contributed by atoms with Gasteiger partial charge in [0.05, 0.1) is 23.1 Å². The summed E-state index contributed by atoms with van der Waals surface area (Å²) < 4.78 is 32.0. The van der Waals surface area contributed by atoms with Crippen molar-refractivity contribution in [2.45, 2.75) is 5.91 Å². The molecule has 2 fully saturated rings. The molecule has 3 N–H and O–H groups in total. The molecule has 0 radical (unpaired) electrons. The molecule has 1 aromatic carbocycles. The molecule has 4 aromatic rings. The van der Waals surface area contributed by atoms with Gasteiger partial charge in [-0.25, -0.2) is 23.6 Å². The molecule has 0 aliphatic carbocycles. The maximum absolute atomic E-state index is 15.2.